The predicted octanol–water partition coefficient (Wildman–Crippen LogP) is 3.49. The summed E-state index contributed by atoms with van der Waals surface area (Å²) >= 11 is 2.56. The number of carbonyl (C=O) groups excluding carboxylic acids is 1. The molecule has 0 aliphatic carbocycles. The Morgan fingerprint density at radius 2 is 2.05 bits per heavy atom. The van der Waals surface area contributed by atoms with Crippen LogP contribution in [0.4, 0.5) is 0 Å². The zero-order valence-corrected chi connectivity index (χ0v) is 13.7. The number of Topliss-reactive ketones (excluding diaryl/α,β-unsaturated/α-hetero) is 1. The molecule has 1 atom stereocenters. The van der Waals surface area contributed by atoms with Crippen LogP contribution in [0.2, 0.25) is 0 Å². The molecule has 1 aliphatic rings. The van der Waals surface area contributed by atoms with E-state index in [0.29, 0.717) is 33.2 Å². The van der Waals surface area contributed by atoms with E-state index in [2.05, 4.69) is 0 Å². The standard InChI is InChI=1S/C14H14IO3S/c1-3-14(2)13(16)11(15)12(18-14)10-7-5-4-6-9(10)8-19-17/h4-7H,3,8H2,1-2H3/q+1. The molecule has 5 heteroatoms. The minimum atomic E-state index is -0.774. The van der Waals surface area contributed by atoms with E-state index in [4.69, 9.17) is 4.74 Å². The largest absolute Gasteiger partial charge is 0.478 e. The van der Waals surface area contributed by atoms with Crippen molar-refractivity contribution in [1.82, 2.24) is 0 Å². The Kier molecular flexibility index (Phi) is 4.35. The number of hydrogen-bond acceptors (Lipinski definition) is 3. The van der Waals surface area contributed by atoms with Gasteiger partial charge in [0.2, 0.25) is 5.78 Å². The number of carbonyl (C=O) groups is 1. The van der Waals surface area contributed by atoms with Gasteiger partial charge in [-0.1, -0.05) is 31.2 Å². The zero-order valence-electron chi connectivity index (χ0n) is 10.7. The average Bonchev–Trinajstić information content (AvgIpc) is 2.65. The summed E-state index contributed by atoms with van der Waals surface area (Å²) in [5, 5.41) is 0. The number of hydrogen-bond donors (Lipinski definition) is 0. The Morgan fingerprint density at radius 3 is 2.63 bits per heavy atom. The molecule has 1 unspecified atom stereocenters. The summed E-state index contributed by atoms with van der Waals surface area (Å²) in [5.41, 5.74) is 0.976. The molecule has 3 nitrogen and oxygen atoms in total. The first-order valence-corrected chi connectivity index (χ1v) is 7.99. The molecule has 0 spiro atoms. The maximum atomic E-state index is 12.3. The third kappa shape index (κ3) is 2.58. The predicted molar refractivity (Wildman–Crippen MR) is 83.9 cm³/mol. The molecule has 0 bridgehead atoms. The van der Waals surface area contributed by atoms with E-state index >= 15 is 0 Å². The molecule has 19 heavy (non-hydrogen) atoms. The smallest absolute Gasteiger partial charge is 0.463 e. The third-order valence-electron chi connectivity index (χ3n) is 3.36. The second-order valence-electron chi connectivity index (χ2n) is 4.58. The Morgan fingerprint density at radius 1 is 1.37 bits per heavy atom. The van der Waals surface area contributed by atoms with Crippen LogP contribution in [-0.2, 0) is 31.2 Å². The lowest BCUT2D eigenvalue weighted by Crippen LogP contribution is -2.32. The van der Waals surface area contributed by atoms with Crippen molar-refractivity contribution in [3.63, 3.8) is 0 Å². The van der Waals surface area contributed by atoms with Crippen molar-refractivity contribution in [3.05, 3.63) is 39.0 Å². The van der Waals surface area contributed by atoms with Crippen LogP contribution in [0.25, 0.3) is 5.76 Å². The molecule has 0 saturated heterocycles. The van der Waals surface area contributed by atoms with E-state index < -0.39 is 5.60 Å². The van der Waals surface area contributed by atoms with E-state index in [0.717, 1.165) is 11.1 Å². The molecule has 1 aromatic carbocycles. The zero-order chi connectivity index (χ0) is 14.0. The van der Waals surface area contributed by atoms with Crippen LogP contribution in [-0.4, -0.2) is 11.4 Å². The molecule has 0 saturated carbocycles. The van der Waals surface area contributed by atoms with E-state index in [-0.39, 0.29) is 5.78 Å². The summed E-state index contributed by atoms with van der Waals surface area (Å²) in [6, 6.07) is 7.57. The highest BCUT2D eigenvalue weighted by Gasteiger charge is 2.44. The quantitative estimate of drug-likeness (QED) is 0.585. The van der Waals surface area contributed by atoms with Gasteiger partial charge in [-0.05, 0) is 35.9 Å². The van der Waals surface area contributed by atoms with Crippen molar-refractivity contribution in [2.24, 2.45) is 0 Å². The Bertz CT molecular complexity index is 568. The molecular formula is C14H14IO3S+. The van der Waals surface area contributed by atoms with Gasteiger partial charge in [0.25, 0.3) is 5.75 Å². The maximum absolute atomic E-state index is 12.3. The van der Waals surface area contributed by atoms with Crippen LogP contribution in [0.3, 0.4) is 0 Å². The van der Waals surface area contributed by atoms with Crippen molar-refractivity contribution < 1.29 is 13.7 Å². The first-order chi connectivity index (χ1) is 9.03. The van der Waals surface area contributed by atoms with Gasteiger partial charge in [0, 0.05) is 15.3 Å². The number of halogens is 1. The van der Waals surface area contributed by atoms with Crippen molar-refractivity contribution >= 4 is 45.8 Å². The van der Waals surface area contributed by atoms with E-state index in [1.807, 2.05) is 60.7 Å². The van der Waals surface area contributed by atoms with Crippen LogP contribution in [0.1, 0.15) is 31.4 Å². The van der Waals surface area contributed by atoms with Gasteiger partial charge in [0.15, 0.2) is 5.60 Å². The van der Waals surface area contributed by atoms with E-state index in [1.54, 1.807) is 0 Å². The summed E-state index contributed by atoms with van der Waals surface area (Å²) in [5.74, 6) is 0.999. The van der Waals surface area contributed by atoms with E-state index in [1.165, 1.54) is 0 Å². The topological polar surface area (TPSA) is 43.4 Å². The highest BCUT2D eigenvalue weighted by atomic mass is 127. The van der Waals surface area contributed by atoms with Gasteiger partial charge in [0.05, 0.1) is 0 Å². The molecule has 2 rings (SSSR count). The van der Waals surface area contributed by atoms with Crippen molar-refractivity contribution in [3.8, 4) is 0 Å². The summed E-state index contributed by atoms with van der Waals surface area (Å²) in [4.78, 5) is 12.3. The molecule has 1 heterocycles. The van der Waals surface area contributed by atoms with Crippen LogP contribution < -0.4 is 0 Å². The Balaban J connectivity index is 2.49. The first kappa shape index (κ1) is 14.6. The lowest BCUT2D eigenvalue weighted by atomic mass is 9.99. The fourth-order valence-electron chi connectivity index (χ4n) is 1.99. The lowest BCUT2D eigenvalue weighted by Gasteiger charge is -2.21. The molecule has 0 radical (unpaired) electrons. The first-order valence-electron chi connectivity index (χ1n) is 6.00. The van der Waals surface area contributed by atoms with Crippen molar-refractivity contribution in [2.45, 2.75) is 31.6 Å². The minimum Gasteiger partial charge on any atom is -0.478 e. The molecule has 0 fully saturated rings. The number of rotatable bonds is 4. The van der Waals surface area contributed by atoms with Gasteiger partial charge < -0.3 is 4.74 Å². The number of ether oxygens (including phenoxy) is 1. The van der Waals surface area contributed by atoms with Crippen LogP contribution in [0.15, 0.2) is 27.8 Å². The summed E-state index contributed by atoms with van der Waals surface area (Å²) < 4.78 is 17.3. The van der Waals surface area contributed by atoms with Gasteiger partial charge >= 0.3 is 11.7 Å². The SMILES string of the molecule is CCC1(C)OC(c2ccccc2C[S+]=O)=C(I)C1=O. The van der Waals surface area contributed by atoms with Gasteiger partial charge in [0.1, 0.15) is 9.34 Å². The molecule has 0 amide bonds. The highest BCUT2D eigenvalue weighted by Crippen LogP contribution is 2.41. The summed E-state index contributed by atoms with van der Waals surface area (Å²) in [6.45, 7) is 3.75. The minimum absolute atomic E-state index is 0.0233. The molecule has 0 aromatic heterocycles. The molecule has 1 aromatic rings. The second kappa shape index (κ2) is 5.66. The molecular weight excluding hydrogens is 375 g/mol. The summed E-state index contributed by atoms with van der Waals surface area (Å²) in [6.07, 6.45) is 0.625. The van der Waals surface area contributed by atoms with Gasteiger partial charge in [-0.3, -0.25) is 4.79 Å². The Labute approximate surface area is 130 Å². The van der Waals surface area contributed by atoms with Crippen LogP contribution >= 0.6 is 22.6 Å². The third-order valence-corrected chi connectivity index (χ3v) is 4.77. The van der Waals surface area contributed by atoms with Crippen LogP contribution in [0.5, 0.6) is 0 Å². The normalized spacial score (nSPS) is 22.6. The Hall–Kier alpha value is -0.820. The average molecular weight is 389 g/mol. The second-order valence-corrected chi connectivity index (χ2v) is 6.18. The number of ketones is 1. The maximum Gasteiger partial charge on any atom is 0.463 e. The molecule has 100 valence electrons. The lowest BCUT2D eigenvalue weighted by molar-refractivity contribution is -0.127. The van der Waals surface area contributed by atoms with Gasteiger partial charge in [-0.15, -0.1) is 0 Å². The van der Waals surface area contributed by atoms with Crippen LogP contribution in [0, 0.1) is 0 Å². The molecule has 0 N–H and O–H groups in total. The summed E-state index contributed by atoms with van der Waals surface area (Å²) in [7, 11) is 0. The number of benzene rings is 1. The highest BCUT2D eigenvalue weighted by molar-refractivity contribution is 14.1. The van der Waals surface area contributed by atoms with Crippen molar-refractivity contribution in [2.75, 3.05) is 0 Å². The van der Waals surface area contributed by atoms with Gasteiger partial charge in [-0.25, -0.2) is 0 Å². The van der Waals surface area contributed by atoms with Crippen molar-refractivity contribution in [1.29, 1.82) is 0 Å². The monoisotopic (exact) mass is 389 g/mol. The molecule has 1 aliphatic heterocycles. The fourth-order valence-corrected chi connectivity index (χ4v) is 3.34. The van der Waals surface area contributed by atoms with E-state index in [9.17, 15) is 9.00 Å². The fraction of sp³-hybridized carbons (Fsp3) is 0.357. The van der Waals surface area contributed by atoms with Gasteiger partial charge in [-0.2, -0.15) is 0 Å².